The third-order valence-electron chi connectivity index (χ3n) is 9.91. The minimum Gasteiger partial charge on any atom is -0.453 e. The Morgan fingerprint density at radius 1 is 1.12 bits per heavy atom. The molecule has 0 unspecified atom stereocenters. The fraction of sp³-hybridized carbons (Fsp3) is 0.742. The van der Waals surface area contributed by atoms with Crippen LogP contribution in [0, 0.1) is 40.7 Å². The molecule has 5 aliphatic rings. The van der Waals surface area contributed by atoms with Crippen LogP contribution in [-0.4, -0.2) is 70.0 Å². The maximum Gasteiger partial charge on any atom is 0.406 e. The van der Waals surface area contributed by atoms with Crippen LogP contribution in [0.3, 0.4) is 0 Å². The van der Waals surface area contributed by atoms with E-state index in [9.17, 15) is 18.4 Å². The van der Waals surface area contributed by atoms with Crippen LogP contribution in [0.1, 0.15) is 69.5 Å². The molecule has 3 N–H and O–H groups in total. The lowest BCUT2D eigenvalue weighted by molar-refractivity contribution is -0.0615. The molecular formula is C31H46F2N4O4. The lowest BCUT2D eigenvalue weighted by atomic mass is 9.48. The van der Waals surface area contributed by atoms with E-state index >= 15 is 0 Å². The molecule has 1 aromatic carbocycles. The number of hydrogen-bond acceptors (Lipinski definition) is 5. The van der Waals surface area contributed by atoms with E-state index in [-0.39, 0.29) is 36.7 Å². The number of nitrogens with one attached hydrogen (secondary N) is 3. The van der Waals surface area contributed by atoms with Crippen molar-refractivity contribution in [2.24, 2.45) is 29.1 Å². The first-order chi connectivity index (χ1) is 19.8. The zero-order valence-electron chi connectivity index (χ0n) is 24.4. The molecule has 4 aliphatic carbocycles. The highest BCUT2D eigenvalue weighted by atomic mass is 19.1. The number of amides is 3. The summed E-state index contributed by atoms with van der Waals surface area (Å²) in [6.07, 6.45) is 9.17. The van der Waals surface area contributed by atoms with Crippen molar-refractivity contribution < 1.29 is 27.8 Å². The summed E-state index contributed by atoms with van der Waals surface area (Å²) < 4.78 is 39.7. The standard InChI is InChI=1S/C31H46F2N4O4/c1-34-18-25(17-31-14-20-10-21(15-31)12-22(11-20)16-31)36-29(38)37-8-3-4-23(19-37)28(41-9-7-35-30(39)40-2)26-13-24(32)5-6-27(26)33/h5-6,13,20-23,25,28,34H,3-4,7-12,14-19H2,1-2H3,(H,35,39)(H,36,38)/t20?,21?,22?,23-,25+,28-,31?/m1/s1. The normalized spacial score (nSPS) is 30.1. The van der Waals surface area contributed by atoms with Crippen LogP contribution in [0.5, 0.6) is 0 Å². The Morgan fingerprint density at radius 3 is 2.49 bits per heavy atom. The van der Waals surface area contributed by atoms with E-state index in [1.807, 2.05) is 7.05 Å². The minimum atomic E-state index is -0.763. The lowest BCUT2D eigenvalue weighted by Crippen LogP contribution is -2.54. The molecule has 4 saturated carbocycles. The largest absolute Gasteiger partial charge is 0.453 e. The second-order valence-electron chi connectivity index (χ2n) is 13.0. The van der Waals surface area contributed by atoms with E-state index in [0.717, 1.165) is 49.3 Å². The monoisotopic (exact) mass is 576 g/mol. The van der Waals surface area contributed by atoms with Gasteiger partial charge in [-0.05, 0) is 106 Å². The summed E-state index contributed by atoms with van der Waals surface area (Å²) in [5.74, 6) is 1.25. The predicted molar refractivity (Wildman–Crippen MR) is 151 cm³/mol. The summed E-state index contributed by atoms with van der Waals surface area (Å²) in [4.78, 5) is 26.8. The van der Waals surface area contributed by atoms with Gasteiger partial charge in [-0.15, -0.1) is 0 Å². The zero-order chi connectivity index (χ0) is 29.0. The fourth-order valence-electron chi connectivity index (χ4n) is 8.81. The summed E-state index contributed by atoms with van der Waals surface area (Å²) >= 11 is 0. The van der Waals surface area contributed by atoms with Crippen LogP contribution in [-0.2, 0) is 9.47 Å². The number of likely N-dealkylation sites (N-methyl/N-ethyl adjacent to an activating group) is 1. The fourth-order valence-corrected chi connectivity index (χ4v) is 8.81. The Morgan fingerprint density at radius 2 is 1.83 bits per heavy atom. The smallest absolute Gasteiger partial charge is 0.406 e. The van der Waals surface area contributed by atoms with Crippen molar-refractivity contribution >= 4 is 12.1 Å². The molecule has 3 atom stereocenters. The number of likely N-dealkylation sites (tertiary alicyclic amines) is 1. The van der Waals surface area contributed by atoms with Gasteiger partial charge in [-0.3, -0.25) is 0 Å². The number of methoxy groups -OCH3 is 1. The van der Waals surface area contributed by atoms with Gasteiger partial charge in [0.15, 0.2) is 0 Å². The number of halogens is 2. The number of carbonyl (C=O) groups is 2. The van der Waals surface area contributed by atoms with Crippen molar-refractivity contribution in [1.29, 1.82) is 0 Å². The van der Waals surface area contributed by atoms with E-state index < -0.39 is 23.8 Å². The van der Waals surface area contributed by atoms with Gasteiger partial charge < -0.3 is 30.3 Å². The van der Waals surface area contributed by atoms with E-state index in [0.29, 0.717) is 24.9 Å². The first-order valence-electron chi connectivity index (χ1n) is 15.4. The summed E-state index contributed by atoms with van der Waals surface area (Å²) in [5.41, 5.74) is 0.477. The Kier molecular flexibility index (Phi) is 9.69. The van der Waals surface area contributed by atoms with Crippen molar-refractivity contribution in [1.82, 2.24) is 20.9 Å². The number of nitrogens with zero attached hydrogens (tertiary/aromatic N) is 1. The van der Waals surface area contributed by atoms with Crippen molar-refractivity contribution in [3.05, 3.63) is 35.4 Å². The van der Waals surface area contributed by atoms with Crippen molar-refractivity contribution in [2.75, 3.05) is 46.9 Å². The number of carbonyl (C=O) groups excluding carboxylic acids is 2. The minimum absolute atomic E-state index is 0.0428. The number of ether oxygens (including phenoxy) is 2. The van der Waals surface area contributed by atoms with Crippen LogP contribution < -0.4 is 16.0 Å². The van der Waals surface area contributed by atoms with Crippen molar-refractivity contribution in [3.63, 3.8) is 0 Å². The van der Waals surface area contributed by atoms with Gasteiger partial charge >= 0.3 is 12.1 Å². The Hall–Kier alpha value is -2.46. The van der Waals surface area contributed by atoms with Gasteiger partial charge in [-0.1, -0.05) is 0 Å². The van der Waals surface area contributed by atoms with Gasteiger partial charge in [0, 0.05) is 43.7 Å². The first kappa shape index (κ1) is 30.0. The first-order valence-corrected chi connectivity index (χ1v) is 15.4. The molecule has 0 spiro atoms. The van der Waals surface area contributed by atoms with Gasteiger partial charge in [0.2, 0.25) is 0 Å². The topological polar surface area (TPSA) is 91.9 Å². The molecule has 5 fully saturated rings. The van der Waals surface area contributed by atoms with E-state index in [4.69, 9.17) is 4.74 Å². The molecule has 41 heavy (non-hydrogen) atoms. The van der Waals surface area contributed by atoms with Gasteiger partial charge in [0.05, 0.1) is 19.8 Å². The Bertz CT molecular complexity index is 1040. The SMILES string of the molecule is CNC[C@H](CC12CC3CC(CC(C3)C1)C2)NC(=O)N1CCC[C@@H]([C@@H](OCCNC(=O)OC)c2cc(F)ccc2F)C1. The van der Waals surface area contributed by atoms with Crippen LogP contribution in [0.15, 0.2) is 18.2 Å². The molecule has 10 heteroatoms. The number of urea groups is 1. The highest BCUT2D eigenvalue weighted by molar-refractivity contribution is 5.74. The van der Waals surface area contributed by atoms with Crippen molar-refractivity contribution in [2.45, 2.75) is 69.9 Å². The van der Waals surface area contributed by atoms with Gasteiger partial charge in [0.25, 0.3) is 0 Å². The molecule has 0 aromatic heterocycles. The zero-order valence-corrected chi connectivity index (χ0v) is 24.4. The summed E-state index contributed by atoms with van der Waals surface area (Å²) in [5, 5.41) is 9.18. The van der Waals surface area contributed by atoms with Crippen LogP contribution in [0.2, 0.25) is 0 Å². The Labute approximate surface area is 242 Å². The molecule has 1 aromatic rings. The number of rotatable bonds is 11. The predicted octanol–water partition coefficient (Wildman–Crippen LogP) is 4.99. The molecule has 228 valence electrons. The maximum atomic E-state index is 14.9. The lowest BCUT2D eigenvalue weighted by Gasteiger charge is -2.57. The maximum absolute atomic E-state index is 14.9. The number of piperidine rings is 1. The molecule has 1 heterocycles. The summed E-state index contributed by atoms with van der Waals surface area (Å²) in [6, 6.07) is 3.29. The molecule has 3 amide bonds. The summed E-state index contributed by atoms with van der Waals surface area (Å²) in [7, 11) is 3.20. The number of benzene rings is 1. The van der Waals surface area contributed by atoms with Crippen LogP contribution >= 0.6 is 0 Å². The molecule has 0 radical (unpaired) electrons. The second-order valence-corrected chi connectivity index (χ2v) is 13.0. The Balaban J connectivity index is 1.24. The van der Waals surface area contributed by atoms with Crippen molar-refractivity contribution in [3.8, 4) is 0 Å². The second kappa shape index (κ2) is 13.2. The number of hydrogen-bond donors (Lipinski definition) is 3. The molecule has 4 bridgehead atoms. The van der Waals surface area contributed by atoms with Crippen LogP contribution in [0.25, 0.3) is 0 Å². The molecule has 6 rings (SSSR count). The van der Waals surface area contributed by atoms with Gasteiger partial charge in [-0.2, -0.15) is 0 Å². The molecule has 1 saturated heterocycles. The molecule has 1 aliphatic heterocycles. The molecular weight excluding hydrogens is 530 g/mol. The van der Waals surface area contributed by atoms with Gasteiger partial charge in [0.1, 0.15) is 11.6 Å². The van der Waals surface area contributed by atoms with E-state index in [2.05, 4.69) is 20.7 Å². The van der Waals surface area contributed by atoms with Gasteiger partial charge in [-0.25, -0.2) is 18.4 Å². The average molecular weight is 577 g/mol. The number of alkyl carbamates (subject to hydrolysis) is 1. The highest BCUT2D eigenvalue weighted by Crippen LogP contribution is 2.61. The van der Waals surface area contributed by atoms with Crippen LogP contribution in [0.4, 0.5) is 18.4 Å². The third kappa shape index (κ3) is 7.31. The van der Waals surface area contributed by atoms with E-state index in [1.54, 1.807) is 4.90 Å². The third-order valence-corrected chi connectivity index (χ3v) is 9.91. The van der Waals surface area contributed by atoms with E-state index in [1.165, 1.54) is 51.7 Å². The quantitative estimate of drug-likeness (QED) is 0.323. The highest BCUT2D eigenvalue weighted by Gasteiger charge is 2.51. The molecule has 8 nitrogen and oxygen atoms in total. The average Bonchev–Trinajstić information content (AvgIpc) is 2.93. The summed E-state index contributed by atoms with van der Waals surface area (Å²) in [6.45, 7) is 1.95.